The molecule has 0 bridgehead atoms. The molecule has 0 aliphatic carbocycles. The highest BCUT2D eigenvalue weighted by Gasteiger charge is 2.19. The van der Waals surface area contributed by atoms with Crippen molar-refractivity contribution in [3.8, 4) is 0 Å². The summed E-state index contributed by atoms with van der Waals surface area (Å²) in [6.45, 7) is -1.47. The van der Waals surface area contributed by atoms with Gasteiger partial charge in [0.2, 0.25) is 0 Å². The number of anilines is 1. The van der Waals surface area contributed by atoms with Crippen LogP contribution in [0.2, 0.25) is 10.0 Å². The largest absolute Gasteiger partial charge is 0.480 e. The molecule has 7 nitrogen and oxygen atoms in total. The minimum Gasteiger partial charge on any atom is -0.480 e. The normalized spacial score (nSPS) is 9.90. The lowest BCUT2D eigenvalue weighted by atomic mass is 10.3. The lowest BCUT2D eigenvalue weighted by Crippen LogP contribution is -2.41. The van der Waals surface area contributed by atoms with Gasteiger partial charge in [0.25, 0.3) is 0 Å². The van der Waals surface area contributed by atoms with Crippen molar-refractivity contribution < 1.29 is 24.6 Å². The van der Waals surface area contributed by atoms with Crippen LogP contribution in [0.15, 0.2) is 18.2 Å². The number of aliphatic carboxylic acids is 2. The number of carbonyl (C=O) groups is 3. The number of rotatable bonds is 5. The van der Waals surface area contributed by atoms with Crippen LogP contribution in [0.4, 0.5) is 10.5 Å². The van der Waals surface area contributed by atoms with E-state index in [0.717, 1.165) is 0 Å². The zero-order valence-corrected chi connectivity index (χ0v) is 11.5. The van der Waals surface area contributed by atoms with Crippen molar-refractivity contribution >= 4 is 46.9 Å². The number of benzene rings is 1. The smallest absolute Gasteiger partial charge is 0.323 e. The van der Waals surface area contributed by atoms with Crippen LogP contribution in [0.5, 0.6) is 0 Å². The number of amides is 2. The molecule has 0 radical (unpaired) electrons. The number of carboxylic acids is 2. The van der Waals surface area contributed by atoms with E-state index >= 15 is 0 Å². The Kier molecular flexibility index (Phi) is 5.60. The van der Waals surface area contributed by atoms with Crippen molar-refractivity contribution in [1.82, 2.24) is 4.90 Å². The van der Waals surface area contributed by atoms with Crippen molar-refractivity contribution in [2.24, 2.45) is 0 Å². The molecule has 3 N–H and O–H groups in total. The molecule has 0 spiro atoms. The molecule has 0 aliphatic heterocycles. The fraction of sp³-hybridized carbons (Fsp3) is 0.182. The van der Waals surface area contributed by atoms with Crippen LogP contribution in [0.1, 0.15) is 0 Å². The van der Waals surface area contributed by atoms with Gasteiger partial charge in [-0.25, -0.2) is 4.79 Å². The summed E-state index contributed by atoms with van der Waals surface area (Å²) >= 11 is 11.5. The molecule has 9 heteroatoms. The third-order valence-corrected chi connectivity index (χ3v) is 2.85. The second-order valence-corrected chi connectivity index (χ2v) is 4.52. The van der Waals surface area contributed by atoms with Crippen LogP contribution in [-0.4, -0.2) is 46.2 Å². The molecule has 20 heavy (non-hydrogen) atoms. The highest BCUT2D eigenvalue weighted by atomic mass is 35.5. The second-order valence-electron chi connectivity index (χ2n) is 3.70. The van der Waals surface area contributed by atoms with E-state index in [0.29, 0.717) is 4.90 Å². The summed E-state index contributed by atoms with van der Waals surface area (Å²) in [7, 11) is 0. The minimum absolute atomic E-state index is 0.201. The van der Waals surface area contributed by atoms with Crippen LogP contribution in [0.3, 0.4) is 0 Å². The Morgan fingerprint density at radius 1 is 1.05 bits per heavy atom. The quantitative estimate of drug-likeness (QED) is 0.769. The van der Waals surface area contributed by atoms with E-state index in [9.17, 15) is 14.4 Å². The first-order chi connectivity index (χ1) is 9.29. The Morgan fingerprint density at radius 3 is 2.05 bits per heavy atom. The van der Waals surface area contributed by atoms with Crippen LogP contribution in [0, 0.1) is 0 Å². The third kappa shape index (κ3) is 4.94. The summed E-state index contributed by atoms with van der Waals surface area (Å²) in [5.41, 5.74) is 0.269. The third-order valence-electron chi connectivity index (χ3n) is 2.11. The van der Waals surface area contributed by atoms with Gasteiger partial charge in [0.1, 0.15) is 13.1 Å². The van der Waals surface area contributed by atoms with E-state index in [1.54, 1.807) is 0 Å². The van der Waals surface area contributed by atoms with Gasteiger partial charge in [-0.1, -0.05) is 23.2 Å². The number of urea groups is 1. The first-order valence-corrected chi connectivity index (χ1v) is 5.99. The predicted octanol–water partition coefficient (Wildman–Crippen LogP) is 2.00. The van der Waals surface area contributed by atoms with Gasteiger partial charge in [-0.05, 0) is 18.2 Å². The SMILES string of the molecule is O=C(O)CN(CC(=O)O)C(=O)Nc1ccc(Cl)c(Cl)c1. The van der Waals surface area contributed by atoms with E-state index in [2.05, 4.69) is 5.32 Å². The van der Waals surface area contributed by atoms with Gasteiger partial charge in [0, 0.05) is 5.69 Å². The van der Waals surface area contributed by atoms with Gasteiger partial charge in [0.15, 0.2) is 0 Å². The van der Waals surface area contributed by atoms with Crippen molar-refractivity contribution in [3.63, 3.8) is 0 Å². The molecule has 0 unspecified atom stereocenters. The van der Waals surface area contributed by atoms with E-state index in [1.165, 1.54) is 18.2 Å². The standard InChI is InChI=1S/C11H10Cl2N2O5/c12-7-2-1-6(3-8(7)13)14-11(20)15(4-9(16)17)5-10(18)19/h1-3H,4-5H2,(H,14,20)(H,16,17)(H,18,19). The lowest BCUT2D eigenvalue weighted by molar-refractivity contribution is -0.140. The topological polar surface area (TPSA) is 107 Å². The number of carboxylic acid groups (broad SMARTS) is 2. The van der Waals surface area contributed by atoms with Crippen molar-refractivity contribution in [2.75, 3.05) is 18.4 Å². The molecule has 0 heterocycles. The van der Waals surface area contributed by atoms with Crippen LogP contribution in [0.25, 0.3) is 0 Å². The monoisotopic (exact) mass is 320 g/mol. The fourth-order valence-electron chi connectivity index (χ4n) is 1.30. The molecule has 0 saturated carbocycles. The summed E-state index contributed by atoms with van der Waals surface area (Å²) in [6, 6.07) is 3.39. The van der Waals surface area contributed by atoms with Gasteiger partial charge in [-0.2, -0.15) is 0 Å². The Bertz CT molecular complexity index is 534. The maximum Gasteiger partial charge on any atom is 0.323 e. The van der Waals surface area contributed by atoms with Gasteiger partial charge in [0.05, 0.1) is 10.0 Å². The number of nitrogens with one attached hydrogen (secondary N) is 1. The molecule has 0 fully saturated rings. The van der Waals surface area contributed by atoms with Crippen molar-refractivity contribution in [3.05, 3.63) is 28.2 Å². The maximum atomic E-state index is 11.8. The van der Waals surface area contributed by atoms with Gasteiger partial charge in [-0.3, -0.25) is 9.59 Å². The average molecular weight is 321 g/mol. The molecule has 0 saturated heterocycles. The highest BCUT2D eigenvalue weighted by molar-refractivity contribution is 6.42. The Hall–Kier alpha value is -1.99. The van der Waals surface area contributed by atoms with E-state index in [1.807, 2.05) is 0 Å². The van der Waals surface area contributed by atoms with Crippen LogP contribution in [-0.2, 0) is 9.59 Å². The second kappa shape index (κ2) is 6.97. The first-order valence-electron chi connectivity index (χ1n) is 5.24. The fourth-order valence-corrected chi connectivity index (χ4v) is 1.60. The van der Waals surface area contributed by atoms with Crippen LogP contribution >= 0.6 is 23.2 Å². The molecular formula is C11H10Cl2N2O5. The molecule has 1 aromatic rings. The Morgan fingerprint density at radius 2 is 1.60 bits per heavy atom. The minimum atomic E-state index is -1.32. The zero-order chi connectivity index (χ0) is 15.3. The predicted molar refractivity (Wildman–Crippen MR) is 72.3 cm³/mol. The van der Waals surface area contributed by atoms with E-state index < -0.39 is 31.1 Å². The van der Waals surface area contributed by atoms with Crippen molar-refractivity contribution in [2.45, 2.75) is 0 Å². The first kappa shape index (κ1) is 16.1. The Balaban J connectivity index is 2.81. The molecule has 0 atom stereocenters. The molecular weight excluding hydrogens is 311 g/mol. The summed E-state index contributed by atoms with van der Waals surface area (Å²) in [4.78, 5) is 33.6. The maximum absolute atomic E-state index is 11.8. The highest BCUT2D eigenvalue weighted by Crippen LogP contribution is 2.25. The number of halogens is 2. The average Bonchev–Trinajstić information content (AvgIpc) is 2.32. The van der Waals surface area contributed by atoms with Crippen molar-refractivity contribution in [1.29, 1.82) is 0 Å². The number of hydrogen-bond donors (Lipinski definition) is 3. The summed E-state index contributed by atoms with van der Waals surface area (Å²) in [6.07, 6.45) is 0. The molecule has 0 aromatic heterocycles. The van der Waals surface area contributed by atoms with E-state index in [4.69, 9.17) is 33.4 Å². The number of carbonyl (C=O) groups excluding carboxylic acids is 1. The number of hydrogen-bond acceptors (Lipinski definition) is 3. The summed E-state index contributed by atoms with van der Waals surface area (Å²) in [5, 5.41) is 20.1. The van der Waals surface area contributed by atoms with Gasteiger partial charge in [-0.15, -0.1) is 0 Å². The van der Waals surface area contributed by atoms with Gasteiger partial charge >= 0.3 is 18.0 Å². The van der Waals surface area contributed by atoms with Crippen LogP contribution < -0.4 is 5.32 Å². The number of nitrogens with zero attached hydrogens (tertiary/aromatic N) is 1. The van der Waals surface area contributed by atoms with E-state index in [-0.39, 0.29) is 15.7 Å². The summed E-state index contributed by atoms with van der Waals surface area (Å²) in [5.74, 6) is -2.65. The molecule has 2 amide bonds. The Labute approximate surface area is 123 Å². The summed E-state index contributed by atoms with van der Waals surface area (Å²) < 4.78 is 0. The zero-order valence-electron chi connectivity index (χ0n) is 9.97. The van der Waals surface area contributed by atoms with Gasteiger partial charge < -0.3 is 20.4 Å². The molecule has 1 rings (SSSR count). The molecule has 1 aromatic carbocycles. The molecule has 0 aliphatic rings. The lowest BCUT2D eigenvalue weighted by Gasteiger charge is -2.19. The molecule has 108 valence electrons.